The van der Waals surface area contributed by atoms with E-state index in [1.807, 2.05) is 4.90 Å². The van der Waals surface area contributed by atoms with Crippen LogP contribution in [0.3, 0.4) is 0 Å². The van der Waals surface area contributed by atoms with Crippen LogP contribution in [0.1, 0.15) is 45.4 Å². The first kappa shape index (κ1) is 13.0. The summed E-state index contributed by atoms with van der Waals surface area (Å²) in [6.07, 6.45) is 5.21. The Morgan fingerprint density at radius 3 is 2.50 bits per heavy atom. The molecule has 1 heterocycles. The number of carbonyl (C=O) groups excluding carboxylic acids is 2. The van der Waals surface area contributed by atoms with Gasteiger partial charge in [0.05, 0.1) is 0 Å². The molecule has 0 aliphatic carbocycles. The summed E-state index contributed by atoms with van der Waals surface area (Å²) < 4.78 is 0. The van der Waals surface area contributed by atoms with Gasteiger partial charge in [0.2, 0.25) is 11.8 Å². The Kier molecular flexibility index (Phi) is 5.90. The molecule has 1 fully saturated rings. The average Bonchev–Trinajstić information content (AvgIpc) is 2.79. The highest BCUT2D eigenvalue weighted by Crippen LogP contribution is 2.08. The van der Waals surface area contributed by atoms with Crippen LogP contribution in [0.4, 0.5) is 0 Å². The SMILES string of the molecule is CCCCC(=O)NCCC(=O)N1CCCC1. The number of carbonyl (C=O) groups is 2. The molecular weight excluding hydrogens is 204 g/mol. The van der Waals surface area contributed by atoms with Crippen LogP contribution >= 0.6 is 0 Å². The Balaban J connectivity index is 2.05. The summed E-state index contributed by atoms with van der Waals surface area (Å²) >= 11 is 0. The maximum atomic E-state index is 11.6. The molecule has 4 nitrogen and oxygen atoms in total. The van der Waals surface area contributed by atoms with Gasteiger partial charge in [-0.15, -0.1) is 0 Å². The van der Waals surface area contributed by atoms with E-state index in [2.05, 4.69) is 12.2 Å². The maximum absolute atomic E-state index is 11.6. The molecule has 0 aromatic rings. The lowest BCUT2D eigenvalue weighted by Crippen LogP contribution is -2.32. The van der Waals surface area contributed by atoms with Gasteiger partial charge in [0.15, 0.2) is 0 Å². The van der Waals surface area contributed by atoms with Crippen molar-refractivity contribution >= 4 is 11.8 Å². The quantitative estimate of drug-likeness (QED) is 0.742. The number of nitrogens with one attached hydrogen (secondary N) is 1. The van der Waals surface area contributed by atoms with Gasteiger partial charge in [0.25, 0.3) is 0 Å². The molecule has 1 aliphatic heterocycles. The number of likely N-dealkylation sites (tertiary alicyclic amines) is 1. The highest BCUT2D eigenvalue weighted by Gasteiger charge is 2.17. The molecular formula is C12H22N2O2. The number of unbranched alkanes of at least 4 members (excludes halogenated alkanes) is 1. The van der Waals surface area contributed by atoms with E-state index in [0.29, 0.717) is 19.4 Å². The van der Waals surface area contributed by atoms with Crippen molar-refractivity contribution in [2.24, 2.45) is 0 Å². The molecule has 92 valence electrons. The standard InChI is InChI=1S/C12H22N2O2/c1-2-3-6-11(15)13-8-7-12(16)14-9-4-5-10-14/h2-10H2,1H3,(H,13,15). The van der Waals surface area contributed by atoms with E-state index in [1.165, 1.54) is 0 Å². The molecule has 0 spiro atoms. The molecule has 0 aromatic carbocycles. The molecule has 2 amide bonds. The first-order valence-corrected chi connectivity index (χ1v) is 6.28. The molecule has 0 saturated carbocycles. The van der Waals surface area contributed by atoms with Crippen LogP contribution in [-0.2, 0) is 9.59 Å². The summed E-state index contributed by atoms with van der Waals surface area (Å²) in [6, 6.07) is 0. The minimum absolute atomic E-state index is 0.0658. The summed E-state index contributed by atoms with van der Waals surface area (Å²) in [7, 11) is 0. The molecule has 0 atom stereocenters. The Bertz CT molecular complexity index is 235. The van der Waals surface area contributed by atoms with Crippen LogP contribution in [-0.4, -0.2) is 36.3 Å². The molecule has 0 aromatic heterocycles. The van der Waals surface area contributed by atoms with Gasteiger partial charge in [-0.05, 0) is 19.3 Å². The van der Waals surface area contributed by atoms with Gasteiger partial charge in [0.1, 0.15) is 0 Å². The lowest BCUT2D eigenvalue weighted by Gasteiger charge is -2.15. The van der Waals surface area contributed by atoms with Crippen LogP contribution in [0.15, 0.2) is 0 Å². The van der Waals surface area contributed by atoms with E-state index in [0.717, 1.165) is 38.8 Å². The third-order valence-electron chi connectivity index (χ3n) is 2.88. The third-order valence-corrected chi connectivity index (χ3v) is 2.88. The van der Waals surface area contributed by atoms with Crippen molar-refractivity contribution in [3.8, 4) is 0 Å². The Morgan fingerprint density at radius 1 is 1.19 bits per heavy atom. The van der Waals surface area contributed by atoms with Crippen LogP contribution in [0.5, 0.6) is 0 Å². The topological polar surface area (TPSA) is 49.4 Å². The monoisotopic (exact) mass is 226 g/mol. The smallest absolute Gasteiger partial charge is 0.224 e. The van der Waals surface area contributed by atoms with Gasteiger partial charge < -0.3 is 10.2 Å². The van der Waals surface area contributed by atoms with Crippen LogP contribution in [0.2, 0.25) is 0 Å². The number of rotatable bonds is 6. The molecule has 1 N–H and O–H groups in total. The molecule has 16 heavy (non-hydrogen) atoms. The van der Waals surface area contributed by atoms with E-state index in [9.17, 15) is 9.59 Å². The first-order valence-electron chi connectivity index (χ1n) is 6.28. The second-order valence-electron chi connectivity index (χ2n) is 4.29. The van der Waals surface area contributed by atoms with Gasteiger partial charge in [-0.3, -0.25) is 9.59 Å². The fourth-order valence-corrected chi connectivity index (χ4v) is 1.86. The predicted octanol–water partition coefficient (Wildman–Crippen LogP) is 1.31. The summed E-state index contributed by atoms with van der Waals surface area (Å²) in [5, 5.41) is 2.79. The number of hydrogen-bond donors (Lipinski definition) is 1. The largest absolute Gasteiger partial charge is 0.356 e. The predicted molar refractivity (Wildman–Crippen MR) is 63.0 cm³/mol. The van der Waals surface area contributed by atoms with Crippen molar-refractivity contribution in [2.75, 3.05) is 19.6 Å². The lowest BCUT2D eigenvalue weighted by atomic mass is 10.2. The van der Waals surface area contributed by atoms with Crippen molar-refractivity contribution in [2.45, 2.75) is 45.4 Å². The van der Waals surface area contributed by atoms with Gasteiger partial charge in [-0.2, -0.15) is 0 Å². The summed E-state index contributed by atoms with van der Waals surface area (Å²) in [5.74, 6) is 0.240. The molecule has 0 unspecified atom stereocenters. The van der Waals surface area contributed by atoms with Crippen molar-refractivity contribution < 1.29 is 9.59 Å². The number of nitrogens with zero attached hydrogens (tertiary/aromatic N) is 1. The Morgan fingerprint density at radius 2 is 1.88 bits per heavy atom. The fraction of sp³-hybridized carbons (Fsp3) is 0.833. The maximum Gasteiger partial charge on any atom is 0.224 e. The molecule has 1 saturated heterocycles. The van der Waals surface area contributed by atoms with Crippen molar-refractivity contribution in [1.82, 2.24) is 10.2 Å². The number of hydrogen-bond acceptors (Lipinski definition) is 2. The van der Waals surface area contributed by atoms with Gasteiger partial charge in [-0.25, -0.2) is 0 Å². The molecule has 0 radical (unpaired) electrons. The third kappa shape index (κ3) is 4.64. The number of amides is 2. The van der Waals surface area contributed by atoms with E-state index < -0.39 is 0 Å². The normalized spacial score (nSPS) is 15.2. The van der Waals surface area contributed by atoms with Gasteiger partial charge in [-0.1, -0.05) is 13.3 Å². The van der Waals surface area contributed by atoms with E-state index in [4.69, 9.17) is 0 Å². The minimum Gasteiger partial charge on any atom is -0.356 e. The molecule has 4 heteroatoms. The highest BCUT2D eigenvalue weighted by molar-refractivity contribution is 5.79. The van der Waals surface area contributed by atoms with Crippen molar-refractivity contribution in [3.63, 3.8) is 0 Å². The summed E-state index contributed by atoms with van der Waals surface area (Å²) in [4.78, 5) is 24.8. The van der Waals surface area contributed by atoms with Gasteiger partial charge in [0, 0.05) is 32.5 Å². The summed E-state index contributed by atoms with van der Waals surface area (Å²) in [6.45, 7) is 4.33. The zero-order chi connectivity index (χ0) is 11.8. The fourth-order valence-electron chi connectivity index (χ4n) is 1.86. The second-order valence-corrected chi connectivity index (χ2v) is 4.29. The zero-order valence-electron chi connectivity index (χ0n) is 10.1. The zero-order valence-corrected chi connectivity index (χ0v) is 10.1. The second kappa shape index (κ2) is 7.25. The Hall–Kier alpha value is -1.06. The van der Waals surface area contributed by atoms with Gasteiger partial charge >= 0.3 is 0 Å². The van der Waals surface area contributed by atoms with Crippen molar-refractivity contribution in [3.05, 3.63) is 0 Å². The molecule has 1 rings (SSSR count). The van der Waals surface area contributed by atoms with E-state index in [-0.39, 0.29) is 11.8 Å². The highest BCUT2D eigenvalue weighted by atomic mass is 16.2. The van der Waals surface area contributed by atoms with E-state index in [1.54, 1.807) is 0 Å². The minimum atomic E-state index is 0.0658. The molecule has 0 bridgehead atoms. The Labute approximate surface area is 97.4 Å². The average molecular weight is 226 g/mol. The van der Waals surface area contributed by atoms with Crippen LogP contribution in [0.25, 0.3) is 0 Å². The first-order chi connectivity index (χ1) is 7.74. The van der Waals surface area contributed by atoms with E-state index >= 15 is 0 Å². The summed E-state index contributed by atoms with van der Waals surface area (Å²) in [5.41, 5.74) is 0. The van der Waals surface area contributed by atoms with Crippen LogP contribution < -0.4 is 5.32 Å². The van der Waals surface area contributed by atoms with Crippen molar-refractivity contribution in [1.29, 1.82) is 0 Å². The lowest BCUT2D eigenvalue weighted by molar-refractivity contribution is -0.130. The van der Waals surface area contributed by atoms with Crippen LogP contribution in [0, 0.1) is 0 Å². The molecule has 1 aliphatic rings.